The van der Waals surface area contributed by atoms with Crippen LogP contribution in [0, 0.1) is 5.82 Å². The molecule has 1 aliphatic heterocycles. The van der Waals surface area contributed by atoms with Crippen molar-refractivity contribution in [3.05, 3.63) is 48.5 Å². The van der Waals surface area contributed by atoms with Crippen LogP contribution in [0.15, 0.2) is 42.7 Å². The van der Waals surface area contributed by atoms with Crippen molar-refractivity contribution >= 4 is 17.5 Å². The molecule has 3 aromatic rings. The number of nitrogens with zero attached hydrogens (tertiary/aromatic N) is 5. The van der Waals surface area contributed by atoms with Gasteiger partial charge < -0.3 is 19.7 Å². The number of anilines is 3. The molecule has 0 amide bonds. The topological polar surface area (TPSA) is 85.3 Å². The van der Waals surface area contributed by atoms with Gasteiger partial charge in [0.05, 0.1) is 26.5 Å². The van der Waals surface area contributed by atoms with Crippen LogP contribution in [0.3, 0.4) is 0 Å². The Bertz CT molecular complexity index is 947. The van der Waals surface area contributed by atoms with Gasteiger partial charge in [-0.25, -0.2) is 14.4 Å². The molecule has 0 radical (unpaired) electrons. The first-order chi connectivity index (χ1) is 13.7. The molecule has 0 atom stereocenters. The van der Waals surface area contributed by atoms with Gasteiger partial charge in [-0.3, -0.25) is 0 Å². The first-order valence-corrected chi connectivity index (χ1v) is 8.82. The number of morpholine rings is 1. The fraction of sp³-hybridized carbons (Fsp3) is 0.263. The van der Waals surface area contributed by atoms with E-state index >= 15 is 0 Å². The van der Waals surface area contributed by atoms with Crippen molar-refractivity contribution in [3.63, 3.8) is 0 Å². The summed E-state index contributed by atoms with van der Waals surface area (Å²) in [5.41, 5.74) is 1.63. The second-order valence-corrected chi connectivity index (χ2v) is 6.14. The third kappa shape index (κ3) is 3.99. The molecule has 0 aliphatic carbocycles. The van der Waals surface area contributed by atoms with Crippen LogP contribution in [0.25, 0.3) is 11.1 Å². The Kier molecular flexibility index (Phi) is 5.24. The van der Waals surface area contributed by atoms with E-state index in [9.17, 15) is 4.39 Å². The standard InChI is InChI=1S/C19H19FN6O2/c1-27-18-5-2-13(11-21-18)14-10-16(25-22-12-14)23-19-15(20)3-4-17(24-19)26-6-8-28-9-7-26/h2-5,10-12H,6-9H2,1H3,(H,23,24,25). The van der Waals surface area contributed by atoms with Crippen LogP contribution in [0.5, 0.6) is 5.88 Å². The van der Waals surface area contributed by atoms with Gasteiger partial charge in [-0.1, -0.05) is 0 Å². The molecule has 9 heteroatoms. The van der Waals surface area contributed by atoms with Crippen molar-refractivity contribution in [2.75, 3.05) is 43.6 Å². The van der Waals surface area contributed by atoms with E-state index in [1.54, 1.807) is 37.7 Å². The van der Waals surface area contributed by atoms with Gasteiger partial charge >= 0.3 is 0 Å². The van der Waals surface area contributed by atoms with Gasteiger partial charge in [-0.2, -0.15) is 5.10 Å². The third-order valence-electron chi connectivity index (χ3n) is 4.35. The number of pyridine rings is 2. The van der Waals surface area contributed by atoms with Crippen LogP contribution < -0.4 is 15.0 Å². The van der Waals surface area contributed by atoms with E-state index in [1.165, 1.54) is 6.07 Å². The number of rotatable bonds is 5. The summed E-state index contributed by atoms with van der Waals surface area (Å²) in [5.74, 6) is 1.24. The van der Waals surface area contributed by atoms with Crippen LogP contribution >= 0.6 is 0 Å². The van der Waals surface area contributed by atoms with Crippen molar-refractivity contribution in [1.29, 1.82) is 0 Å². The predicted molar refractivity (Wildman–Crippen MR) is 102 cm³/mol. The third-order valence-corrected chi connectivity index (χ3v) is 4.35. The highest BCUT2D eigenvalue weighted by molar-refractivity contribution is 5.67. The highest BCUT2D eigenvalue weighted by Gasteiger charge is 2.15. The van der Waals surface area contributed by atoms with Gasteiger partial charge in [0, 0.05) is 36.5 Å². The number of aromatic nitrogens is 4. The maximum Gasteiger partial charge on any atom is 0.212 e. The second kappa shape index (κ2) is 8.13. The molecule has 3 aromatic heterocycles. The number of halogens is 1. The number of methoxy groups -OCH3 is 1. The van der Waals surface area contributed by atoms with Crippen molar-refractivity contribution in [2.24, 2.45) is 0 Å². The van der Waals surface area contributed by atoms with E-state index in [0.717, 1.165) is 24.2 Å². The molecule has 0 unspecified atom stereocenters. The number of ether oxygens (including phenoxy) is 2. The Morgan fingerprint density at radius 1 is 1.11 bits per heavy atom. The maximum absolute atomic E-state index is 14.3. The summed E-state index contributed by atoms with van der Waals surface area (Å²) >= 11 is 0. The molecule has 1 aliphatic rings. The van der Waals surface area contributed by atoms with Crippen LogP contribution in [0.4, 0.5) is 21.8 Å². The van der Waals surface area contributed by atoms with Gasteiger partial charge in [0.2, 0.25) is 5.88 Å². The Morgan fingerprint density at radius 2 is 1.96 bits per heavy atom. The summed E-state index contributed by atoms with van der Waals surface area (Å²) in [7, 11) is 1.56. The van der Waals surface area contributed by atoms with E-state index in [2.05, 4.69) is 30.4 Å². The lowest BCUT2D eigenvalue weighted by Gasteiger charge is -2.28. The molecule has 0 bridgehead atoms. The Morgan fingerprint density at radius 3 is 2.71 bits per heavy atom. The molecule has 0 aromatic carbocycles. The normalized spacial score (nSPS) is 14.0. The zero-order valence-corrected chi connectivity index (χ0v) is 15.3. The van der Waals surface area contributed by atoms with E-state index in [4.69, 9.17) is 9.47 Å². The number of hydrogen-bond acceptors (Lipinski definition) is 8. The second-order valence-electron chi connectivity index (χ2n) is 6.14. The SMILES string of the molecule is COc1ccc(-c2cnnc(Nc3nc(N4CCOCC4)ccc3F)c2)cn1. The molecule has 1 N–H and O–H groups in total. The summed E-state index contributed by atoms with van der Waals surface area (Å²) in [6.07, 6.45) is 3.29. The molecule has 1 fully saturated rings. The molecule has 4 rings (SSSR count). The van der Waals surface area contributed by atoms with E-state index in [-0.39, 0.29) is 5.82 Å². The molecule has 0 spiro atoms. The number of hydrogen-bond donors (Lipinski definition) is 1. The van der Waals surface area contributed by atoms with Crippen LogP contribution in [0.1, 0.15) is 0 Å². The van der Waals surface area contributed by atoms with Crippen LogP contribution in [-0.4, -0.2) is 53.6 Å². The molecule has 8 nitrogen and oxygen atoms in total. The first-order valence-electron chi connectivity index (χ1n) is 8.82. The van der Waals surface area contributed by atoms with Crippen LogP contribution in [0.2, 0.25) is 0 Å². The Labute approximate surface area is 161 Å². The molecule has 4 heterocycles. The molecular formula is C19H19FN6O2. The molecular weight excluding hydrogens is 363 g/mol. The van der Waals surface area contributed by atoms with Crippen LogP contribution in [-0.2, 0) is 4.74 Å². The summed E-state index contributed by atoms with van der Waals surface area (Å²) < 4.78 is 24.7. The Hall–Kier alpha value is -3.33. The van der Waals surface area contributed by atoms with Gasteiger partial charge in [-0.15, -0.1) is 5.10 Å². The first kappa shape index (κ1) is 18.1. The number of nitrogens with one attached hydrogen (secondary N) is 1. The lowest BCUT2D eigenvalue weighted by atomic mass is 10.1. The van der Waals surface area contributed by atoms with E-state index < -0.39 is 5.82 Å². The summed E-state index contributed by atoms with van der Waals surface area (Å²) in [4.78, 5) is 10.6. The Balaban J connectivity index is 1.57. The minimum absolute atomic E-state index is 0.100. The monoisotopic (exact) mass is 382 g/mol. The highest BCUT2D eigenvalue weighted by atomic mass is 19.1. The average Bonchev–Trinajstić information content (AvgIpc) is 2.76. The smallest absolute Gasteiger partial charge is 0.212 e. The molecule has 28 heavy (non-hydrogen) atoms. The molecule has 0 saturated carbocycles. The fourth-order valence-electron chi connectivity index (χ4n) is 2.87. The average molecular weight is 382 g/mol. The van der Waals surface area contributed by atoms with Gasteiger partial charge in [0.25, 0.3) is 0 Å². The van der Waals surface area contributed by atoms with Crippen molar-refractivity contribution < 1.29 is 13.9 Å². The predicted octanol–water partition coefficient (Wildman–Crippen LogP) is 2.66. The summed E-state index contributed by atoms with van der Waals surface area (Å²) in [5, 5.41) is 10.9. The molecule has 1 saturated heterocycles. The lowest BCUT2D eigenvalue weighted by molar-refractivity contribution is 0.122. The van der Waals surface area contributed by atoms with E-state index in [0.29, 0.717) is 30.7 Å². The summed E-state index contributed by atoms with van der Waals surface area (Å²) in [6, 6.07) is 8.45. The van der Waals surface area contributed by atoms with Gasteiger partial charge in [-0.05, 0) is 24.3 Å². The highest BCUT2D eigenvalue weighted by Crippen LogP contribution is 2.25. The zero-order chi connectivity index (χ0) is 19.3. The van der Waals surface area contributed by atoms with Crippen molar-refractivity contribution in [1.82, 2.24) is 20.2 Å². The van der Waals surface area contributed by atoms with Crippen molar-refractivity contribution in [3.8, 4) is 17.0 Å². The van der Waals surface area contributed by atoms with Crippen molar-refractivity contribution in [2.45, 2.75) is 0 Å². The quantitative estimate of drug-likeness (QED) is 0.721. The summed E-state index contributed by atoms with van der Waals surface area (Å²) in [6.45, 7) is 2.70. The molecule has 144 valence electrons. The van der Waals surface area contributed by atoms with Gasteiger partial charge in [0.1, 0.15) is 5.82 Å². The lowest BCUT2D eigenvalue weighted by Crippen LogP contribution is -2.36. The van der Waals surface area contributed by atoms with E-state index in [1.807, 2.05) is 6.07 Å². The minimum atomic E-state index is -0.463. The fourth-order valence-corrected chi connectivity index (χ4v) is 2.87. The van der Waals surface area contributed by atoms with Gasteiger partial charge in [0.15, 0.2) is 17.5 Å². The maximum atomic E-state index is 14.3. The minimum Gasteiger partial charge on any atom is -0.481 e. The zero-order valence-electron chi connectivity index (χ0n) is 15.3. The largest absolute Gasteiger partial charge is 0.481 e.